The van der Waals surface area contributed by atoms with E-state index in [-0.39, 0.29) is 0 Å². The van der Waals surface area contributed by atoms with Gasteiger partial charge in [0, 0.05) is 6.08 Å². The van der Waals surface area contributed by atoms with E-state index in [9.17, 15) is 4.79 Å². The van der Waals surface area contributed by atoms with Crippen LogP contribution in [0.1, 0.15) is 59.3 Å². The fourth-order valence-corrected chi connectivity index (χ4v) is 0.775. The zero-order valence-electron chi connectivity index (χ0n) is 14.3. The molecule has 0 heterocycles. The average Bonchev–Trinajstić information content (AvgIpc) is 2.40. The lowest BCUT2D eigenvalue weighted by Crippen LogP contribution is -2.01. The molecule has 0 saturated carbocycles. The van der Waals surface area contributed by atoms with Crippen LogP contribution >= 0.6 is 0 Å². The number of carbonyl (C=O) groups is 1. The van der Waals surface area contributed by atoms with Crippen LogP contribution in [0.2, 0.25) is 0 Å². The fraction of sp³-hybridized carbons (Fsp3) is 0.800. The zero-order chi connectivity index (χ0) is 19.3. The molecule has 142 valence electrons. The van der Waals surface area contributed by atoms with Crippen LogP contribution in [0.5, 0.6) is 0 Å². The summed E-state index contributed by atoms with van der Waals surface area (Å²) in [7, 11) is 0. The molecular weight excluding hydrogens is 308 g/mol. The number of aliphatic hydroxyl groups is 6. The van der Waals surface area contributed by atoms with E-state index in [2.05, 4.69) is 6.58 Å². The summed E-state index contributed by atoms with van der Waals surface area (Å²) in [6.45, 7) is 8.67. The molecule has 0 bridgehead atoms. The van der Waals surface area contributed by atoms with Crippen LogP contribution in [0.4, 0.5) is 0 Å². The summed E-state index contributed by atoms with van der Waals surface area (Å²) in [5.41, 5.74) is 0. The molecule has 0 aliphatic carbocycles. The Morgan fingerprint density at radius 2 is 0.957 bits per heavy atom. The van der Waals surface area contributed by atoms with Crippen molar-refractivity contribution < 1.29 is 40.5 Å². The van der Waals surface area contributed by atoms with Crippen molar-refractivity contribution in [1.29, 1.82) is 0 Å². The normalized spacial score (nSPS) is 9.22. The van der Waals surface area contributed by atoms with Crippen molar-refractivity contribution in [2.24, 2.45) is 0 Å². The van der Waals surface area contributed by atoms with Gasteiger partial charge in [0.25, 0.3) is 0 Å². The van der Waals surface area contributed by atoms with E-state index in [1.165, 1.54) is 0 Å². The first-order chi connectivity index (χ1) is 10.6. The Kier molecular flexibility index (Phi) is 33.7. The third-order valence-electron chi connectivity index (χ3n) is 1.82. The third-order valence-corrected chi connectivity index (χ3v) is 1.82. The van der Waals surface area contributed by atoms with Crippen molar-refractivity contribution in [3.8, 4) is 0 Å². The van der Waals surface area contributed by atoms with Crippen molar-refractivity contribution in [1.82, 2.24) is 0 Å². The lowest BCUT2D eigenvalue weighted by atomic mass is 10.3. The maximum atomic E-state index is 9.25. The van der Waals surface area contributed by atoms with Gasteiger partial charge in [-0.25, -0.2) is 4.79 Å². The van der Waals surface area contributed by atoms with Crippen LogP contribution in [-0.4, -0.2) is 60.6 Å². The van der Waals surface area contributed by atoms with Gasteiger partial charge >= 0.3 is 5.97 Å². The van der Waals surface area contributed by atoms with Crippen molar-refractivity contribution >= 4 is 5.97 Å². The smallest absolute Gasteiger partial charge is 0.327 e. The Bertz CT molecular complexity index is 206. The lowest BCUT2D eigenvalue weighted by molar-refractivity contribution is -0.131. The molecule has 23 heavy (non-hydrogen) atoms. The molecule has 0 rings (SSSR count). The number of hydrogen-bond donors (Lipinski definition) is 7. The first-order valence-electron chi connectivity index (χ1n) is 7.52. The number of aliphatic hydroxyl groups excluding tert-OH is 3. The second-order valence-electron chi connectivity index (χ2n) is 4.35. The van der Waals surface area contributed by atoms with E-state index in [1.807, 2.05) is 20.8 Å². The van der Waals surface area contributed by atoms with E-state index in [0.29, 0.717) is 19.3 Å². The van der Waals surface area contributed by atoms with Gasteiger partial charge in [0.05, 0.1) is 0 Å². The lowest BCUT2D eigenvalue weighted by Gasteiger charge is -1.94. The number of aliphatic carboxylic acids is 1. The van der Waals surface area contributed by atoms with Gasteiger partial charge in [0.2, 0.25) is 0 Å². The van der Waals surface area contributed by atoms with Crippen molar-refractivity contribution in [3.63, 3.8) is 0 Å². The molecule has 0 spiro atoms. The predicted molar refractivity (Wildman–Crippen MR) is 87.2 cm³/mol. The Morgan fingerprint density at radius 1 is 0.783 bits per heavy atom. The van der Waals surface area contributed by atoms with Gasteiger partial charge in [-0.3, -0.25) is 0 Å². The molecular formula is C15H34O8. The largest absolute Gasteiger partial charge is 0.478 e. The van der Waals surface area contributed by atoms with E-state index >= 15 is 0 Å². The summed E-state index contributed by atoms with van der Waals surface area (Å²) in [6, 6.07) is 0. The van der Waals surface area contributed by atoms with Crippen molar-refractivity contribution in [2.75, 3.05) is 0 Å². The van der Waals surface area contributed by atoms with Gasteiger partial charge in [0.15, 0.2) is 18.9 Å². The molecule has 0 amide bonds. The van der Waals surface area contributed by atoms with Crippen LogP contribution in [0.15, 0.2) is 12.7 Å². The molecule has 8 heteroatoms. The Balaban J connectivity index is -0.000000105. The maximum absolute atomic E-state index is 9.25. The van der Waals surface area contributed by atoms with Crippen LogP contribution < -0.4 is 0 Å². The summed E-state index contributed by atoms with van der Waals surface area (Å²) >= 11 is 0. The molecule has 0 aliphatic heterocycles. The number of carboxylic acid groups (broad SMARTS) is 1. The maximum Gasteiger partial charge on any atom is 0.327 e. The molecule has 0 aromatic rings. The highest BCUT2D eigenvalue weighted by Gasteiger charge is 1.90. The molecule has 0 radical (unpaired) electrons. The van der Waals surface area contributed by atoms with Gasteiger partial charge in [-0.1, -0.05) is 46.6 Å². The summed E-state index contributed by atoms with van der Waals surface area (Å²) in [6.07, 6.45) is 1.48. The molecule has 0 saturated heterocycles. The molecule has 0 aliphatic rings. The third kappa shape index (κ3) is 75.9. The Morgan fingerprint density at radius 3 is 0.957 bits per heavy atom. The zero-order valence-corrected chi connectivity index (χ0v) is 14.3. The highest BCUT2D eigenvalue weighted by atomic mass is 16.5. The summed E-state index contributed by atoms with van der Waals surface area (Å²) in [4.78, 5) is 9.25. The topological polar surface area (TPSA) is 159 Å². The molecule has 0 atom stereocenters. The number of rotatable bonds is 7. The first-order valence-corrected chi connectivity index (χ1v) is 7.52. The number of carboxylic acids is 1. The van der Waals surface area contributed by atoms with Gasteiger partial charge in [-0.15, -0.1) is 0 Å². The quantitative estimate of drug-likeness (QED) is 0.261. The Labute approximate surface area is 138 Å². The molecule has 0 aromatic heterocycles. The molecule has 7 N–H and O–H groups in total. The van der Waals surface area contributed by atoms with Gasteiger partial charge in [-0.05, 0) is 19.3 Å². The first kappa shape index (κ1) is 29.9. The van der Waals surface area contributed by atoms with Gasteiger partial charge < -0.3 is 35.7 Å². The Hall–Kier alpha value is -1.03. The van der Waals surface area contributed by atoms with Crippen molar-refractivity contribution in [2.45, 2.75) is 78.2 Å². The molecule has 0 unspecified atom stereocenters. The van der Waals surface area contributed by atoms with Gasteiger partial charge in [-0.2, -0.15) is 0 Å². The summed E-state index contributed by atoms with van der Waals surface area (Å²) < 4.78 is 0. The standard InChI is InChI=1S/3C4H10O2.C3H4O2/c3*1-2-3-4(5)6;1-2-3(4)5/h3*4-6H,2-3H2,1H3;2H,1H2,(H,4,5). The minimum absolute atomic E-state index is 0.486. The van der Waals surface area contributed by atoms with E-state index in [4.69, 9.17) is 35.7 Å². The molecule has 0 fully saturated rings. The van der Waals surface area contributed by atoms with Crippen LogP contribution in [0, 0.1) is 0 Å². The van der Waals surface area contributed by atoms with Crippen LogP contribution in [0.25, 0.3) is 0 Å². The van der Waals surface area contributed by atoms with E-state index in [0.717, 1.165) is 25.3 Å². The second kappa shape index (κ2) is 25.9. The van der Waals surface area contributed by atoms with Gasteiger partial charge in [0.1, 0.15) is 0 Å². The second-order valence-corrected chi connectivity index (χ2v) is 4.35. The highest BCUT2D eigenvalue weighted by Crippen LogP contribution is 1.89. The van der Waals surface area contributed by atoms with Crippen molar-refractivity contribution in [3.05, 3.63) is 12.7 Å². The predicted octanol–water partition coefficient (Wildman–Crippen LogP) is 0.549. The molecule has 0 aromatic carbocycles. The summed E-state index contributed by atoms with van der Waals surface area (Å²) in [5, 5.41) is 56.3. The minimum atomic E-state index is -1.10. The average molecular weight is 342 g/mol. The summed E-state index contributed by atoms with van der Waals surface area (Å²) in [5.74, 6) is -0.981. The van der Waals surface area contributed by atoms with E-state index < -0.39 is 24.8 Å². The minimum Gasteiger partial charge on any atom is -0.478 e. The van der Waals surface area contributed by atoms with Crippen LogP contribution in [-0.2, 0) is 4.79 Å². The van der Waals surface area contributed by atoms with Crippen LogP contribution in [0.3, 0.4) is 0 Å². The molecule has 8 nitrogen and oxygen atoms in total. The monoisotopic (exact) mass is 342 g/mol. The SMILES string of the molecule is C=CC(=O)O.CCCC(O)O.CCCC(O)O.CCCC(O)O. The van der Waals surface area contributed by atoms with E-state index in [1.54, 1.807) is 0 Å². The fourth-order valence-electron chi connectivity index (χ4n) is 0.775. The number of hydrogen-bond acceptors (Lipinski definition) is 7. The highest BCUT2D eigenvalue weighted by molar-refractivity contribution is 5.78.